The fraction of sp³-hybridized carbons (Fsp3) is 0.571. The topological polar surface area (TPSA) is 83.6 Å². The van der Waals surface area contributed by atoms with E-state index in [1.165, 1.54) is 4.31 Å². The van der Waals surface area contributed by atoms with Crippen LogP contribution in [-0.2, 0) is 10.0 Å². The maximum Gasteiger partial charge on any atom is 0.243 e. The van der Waals surface area contributed by atoms with Gasteiger partial charge in [0.05, 0.1) is 11.0 Å². The van der Waals surface area contributed by atoms with Gasteiger partial charge in [-0.15, -0.1) is 0 Å². The second-order valence-electron chi connectivity index (χ2n) is 6.21. The van der Waals surface area contributed by atoms with Crippen molar-refractivity contribution in [3.05, 3.63) is 29.8 Å². The highest BCUT2D eigenvalue weighted by atomic mass is 32.2. The molecule has 0 bridgehead atoms. The second-order valence-corrected chi connectivity index (χ2v) is 8.15. The monoisotopic (exact) mass is 298 g/mol. The predicted molar refractivity (Wildman–Crippen MR) is 77.7 cm³/mol. The van der Waals surface area contributed by atoms with Gasteiger partial charge < -0.3 is 10.8 Å². The Morgan fingerprint density at radius 1 is 1.30 bits per heavy atom. The summed E-state index contributed by atoms with van der Waals surface area (Å²) in [5.74, 6) is 0. The number of benzene rings is 1. The molecule has 1 saturated heterocycles. The molecule has 6 heteroatoms. The minimum Gasteiger partial charge on any atom is -0.391 e. The first-order valence-electron chi connectivity index (χ1n) is 6.65. The smallest absolute Gasteiger partial charge is 0.243 e. The standard InChI is InChI=1S/C14H22N2O3S/c1-10-4-6-11(7-5-10)20(18,19)16-8-12(15)13(17)14(2,3)9-16/h4-7,12-13,17H,8-9,15H2,1-3H3/t12-,13+/m0/s1. The fourth-order valence-electron chi connectivity index (χ4n) is 2.57. The van der Waals surface area contributed by atoms with E-state index in [4.69, 9.17) is 5.73 Å². The van der Waals surface area contributed by atoms with Gasteiger partial charge >= 0.3 is 0 Å². The summed E-state index contributed by atoms with van der Waals surface area (Å²) < 4.78 is 26.6. The molecule has 0 spiro atoms. The van der Waals surface area contributed by atoms with Crippen molar-refractivity contribution < 1.29 is 13.5 Å². The number of aliphatic hydroxyl groups excluding tert-OH is 1. The van der Waals surface area contributed by atoms with E-state index in [1.807, 2.05) is 20.8 Å². The molecule has 1 aliphatic rings. The van der Waals surface area contributed by atoms with Gasteiger partial charge in [-0.1, -0.05) is 31.5 Å². The van der Waals surface area contributed by atoms with Crippen LogP contribution < -0.4 is 5.73 Å². The Bertz CT molecular complexity index is 581. The molecule has 1 heterocycles. The van der Waals surface area contributed by atoms with Crippen LogP contribution in [0.15, 0.2) is 29.2 Å². The van der Waals surface area contributed by atoms with Crippen molar-refractivity contribution in [3.8, 4) is 0 Å². The van der Waals surface area contributed by atoms with Crippen molar-refractivity contribution >= 4 is 10.0 Å². The Kier molecular flexibility index (Phi) is 3.94. The SMILES string of the molecule is Cc1ccc(S(=O)(=O)N2C[C@H](N)[C@@H](O)C(C)(C)C2)cc1. The molecule has 0 aromatic heterocycles. The zero-order valence-electron chi connectivity index (χ0n) is 12.1. The van der Waals surface area contributed by atoms with Gasteiger partial charge in [-0.3, -0.25) is 0 Å². The minimum absolute atomic E-state index is 0.140. The number of nitrogens with zero attached hydrogens (tertiary/aromatic N) is 1. The van der Waals surface area contributed by atoms with Crippen LogP contribution in [0.2, 0.25) is 0 Å². The molecule has 5 nitrogen and oxygen atoms in total. The number of aliphatic hydroxyl groups is 1. The molecule has 1 aromatic rings. The number of hydrogen-bond donors (Lipinski definition) is 2. The minimum atomic E-state index is -3.56. The average molecular weight is 298 g/mol. The van der Waals surface area contributed by atoms with E-state index < -0.39 is 27.6 Å². The van der Waals surface area contributed by atoms with Crippen LogP contribution in [0.4, 0.5) is 0 Å². The molecule has 2 rings (SSSR count). The van der Waals surface area contributed by atoms with Crippen LogP contribution >= 0.6 is 0 Å². The van der Waals surface area contributed by atoms with E-state index in [-0.39, 0.29) is 18.0 Å². The second kappa shape index (κ2) is 5.11. The van der Waals surface area contributed by atoms with Crippen LogP contribution in [0, 0.1) is 12.3 Å². The van der Waals surface area contributed by atoms with Gasteiger partial charge in [0.25, 0.3) is 0 Å². The summed E-state index contributed by atoms with van der Waals surface area (Å²) in [7, 11) is -3.56. The van der Waals surface area contributed by atoms with Gasteiger partial charge in [-0.25, -0.2) is 8.42 Å². The van der Waals surface area contributed by atoms with Gasteiger partial charge in [0.1, 0.15) is 0 Å². The quantitative estimate of drug-likeness (QED) is 0.842. The van der Waals surface area contributed by atoms with Crippen molar-refractivity contribution in [1.82, 2.24) is 4.31 Å². The van der Waals surface area contributed by atoms with Gasteiger partial charge in [0, 0.05) is 24.5 Å². The van der Waals surface area contributed by atoms with Crippen LogP contribution in [-0.4, -0.2) is 43.1 Å². The van der Waals surface area contributed by atoms with E-state index in [9.17, 15) is 13.5 Å². The normalized spacial score (nSPS) is 27.4. The first kappa shape index (κ1) is 15.4. The van der Waals surface area contributed by atoms with Gasteiger partial charge in [0.15, 0.2) is 0 Å². The maximum atomic E-state index is 12.6. The molecule has 0 saturated carbocycles. The molecule has 0 radical (unpaired) electrons. The van der Waals surface area contributed by atoms with E-state index in [2.05, 4.69) is 0 Å². The Morgan fingerprint density at radius 2 is 1.85 bits per heavy atom. The fourth-order valence-corrected chi connectivity index (χ4v) is 4.22. The molecule has 1 fully saturated rings. The van der Waals surface area contributed by atoms with Crippen LogP contribution in [0.5, 0.6) is 0 Å². The number of piperidine rings is 1. The number of rotatable bonds is 2. The first-order valence-corrected chi connectivity index (χ1v) is 8.09. The summed E-state index contributed by atoms with van der Waals surface area (Å²) in [4.78, 5) is 0.266. The molecule has 0 unspecified atom stereocenters. The van der Waals surface area contributed by atoms with Crippen molar-refractivity contribution in [1.29, 1.82) is 0 Å². The Hall–Kier alpha value is -0.950. The third-order valence-corrected chi connectivity index (χ3v) is 5.69. The molecule has 112 valence electrons. The van der Waals surface area contributed by atoms with Gasteiger partial charge in [-0.2, -0.15) is 4.31 Å². The first-order chi connectivity index (χ1) is 9.14. The zero-order valence-corrected chi connectivity index (χ0v) is 12.9. The molecule has 0 aliphatic carbocycles. The summed E-state index contributed by atoms with van der Waals surface area (Å²) >= 11 is 0. The van der Waals surface area contributed by atoms with Crippen LogP contribution in [0.1, 0.15) is 19.4 Å². The highest BCUT2D eigenvalue weighted by Gasteiger charge is 2.43. The van der Waals surface area contributed by atoms with Gasteiger partial charge in [-0.05, 0) is 19.1 Å². The van der Waals surface area contributed by atoms with Crippen molar-refractivity contribution in [2.24, 2.45) is 11.1 Å². The highest BCUT2D eigenvalue weighted by molar-refractivity contribution is 7.89. The zero-order chi connectivity index (χ0) is 15.1. The summed E-state index contributed by atoms with van der Waals surface area (Å²) in [5.41, 5.74) is 6.34. The van der Waals surface area contributed by atoms with Crippen molar-refractivity contribution in [3.63, 3.8) is 0 Å². The average Bonchev–Trinajstić information content (AvgIpc) is 2.35. The van der Waals surface area contributed by atoms with Crippen molar-refractivity contribution in [2.45, 2.75) is 37.8 Å². The van der Waals surface area contributed by atoms with Crippen molar-refractivity contribution in [2.75, 3.05) is 13.1 Å². The van der Waals surface area contributed by atoms with Gasteiger partial charge in [0.2, 0.25) is 10.0 Å². The largest absolute Gasteiger partial charge is 0.391 e. The molecule has 1 aromatic carbocycles. The molecule has 20 heavy (non-hydrogen) atoms. The summed E-state index contributed by atoms with van der Waals surface area (Å²) in [6, 6.07) is 6.19. The molecular weight excluding hydrogens is 276 g/mol. The summed E-state index contributed by atoms with van der Waals surface area (Å²) in [5, 5.41) is 10.0. The van der Waals surface area contributed by atoms with E-state index in [1.54, 1.807) is 24.3 Å². The number of nitrogens with two attached hydrogens (primary N) is 1. The maximum absolute atomic E-state index is 12.6. The Balaban J connectivity index is 2.33. The van der Waals surface area contributed by atoms with E-state index >= 15 is 0 Å². The van der Waals surface area contributed by atoms with E-state index in [0.717, 1.165) is 5.56 Å². The lowest BCUT2D eigenvalue weighted by Gasteiger charge is -2.44. The predicted octanol–water partition coefficient (Wildman–Crippen LogP) is 0.714. The lowest BCUT2D eigenvalue weighted by molar-refractivity contribution is -0.0157. The van der Waals surface area contributed by atoms with E-state index in [0.29, 0.717) is 0 Å². The van der Waals surface area contributed by atoms with Crippen LogP contribution in [0.25, 0.3) is 0 Å². The summed E-state index contributed by atoms with van der Waals surface area (Å²) in [6.45, 7) is 5.97. The Morgan fingerprint density at radius 3 is 2.35 bits per heavy atom. The van der Waals surface area contributed by atoms with Crippen LogP contribution in [0.3, 0.4) is 0 Å². The molecule has 1 aliphatic heterocycles. The molecular formula is C14H22N2O3S. The lowest BCUT2D eigenvalue weighted by atomic mass is 9.80. The molecule has 3 N–H and O–H groups in total. The number of aryl methyl sites for hydroxylation is 1. The third-order valence-electron chi connectivity index (χ3n) is 3.86. The third kappa shape index (κ3) is 2.74. The molecule has 2 atom stereocenters. The Labute approximate surface area is 120 Å². The number of sulfonamides is 1. The highest BCUT2D eigenvalue weighted by Crippen LogP contribution is 2.31. The summed E-state index contributed by atoms with van der Waals surface area (Å²) in [6.07, 6.45) is -0.702. The lowest BCUT2D eigenvalue weighted by Crippen LogP contribution is -2.61. The number of hydrogen-bond acceptors (Lipinski definition) is 4. The molecule has 0 amide bonds.